The first-order valence-electron chi connectivity index (χ1n) is 8.18. The molecular weight excluding hydrogens is 328 g/mol. The number of benzene rings is 2. The summed E-state index contributed by atoms with van der Waals surface area (Å²) in [5.74, 6) is 0.942. The van der Waals surface area contributed by atoms with Crippen LogP contribution in [0.4, 0.5) is 5.69 Å². The lowest BCUT2D eigenvalue weighted by atomic mass is 10.1. The molecule has 0 saturated heterocycles. The number of anilines is 1. The predicted octanol–water partition coefficient (Wildman–Crippen LogP) is 5.05. The molecule has 0 spiro atoms. The van der Waals surface area contributed by atoms with Gasteiger partial charge in [-0.2, -0.15) is 0 Å². The highest BCUT2D eigenvalue weighted by Crippen LogP contribution is 2.28. The van der Waals surface area contributed by atoms with Gasteiger partial charge in [-0.1, -0.05) is 18.2 Å². The Kier molecular flexibility index (Phi) is 4.11. The predicted molar refractivity (Wildman–Crippen MR) is 101 cm³/mol. The zero-order chi connectivity index (χ0) is 17.9. The summed E-state index contributed by atoms with van der Waals surface area (Å²) < 4.78 is 11.0. The quantitative estimate of drug-likeness (QED) is 0.526. The van der Waals surface area contributed by atoms with E-state index in [1.54, 1.807) is 42.7 Å². The Bertz CT molecular complexity index is 1090. The molecule has 1 amide bonds. The van der Waals surface area contributed by atoms with Gasteiger partial charge in [0.15, 0.2) is 5.58 Å². The van der Waals surface area contributed by atoms with Crippen LogP contribution in [0.2, 0.25) is 0 Å². The molecule has 0 atom stereocenters. The van der Waals surface area contributed by atoms with Gasteiger partial charge < -0.3 is 14.2 Å². The number of hydrogen-bond acceptors (Lipinski definition) is 4. The SMILES string of the molecule is Cc1ccccc1-c1nc2cc(NC(=O)C=Cc3ccco3)ccc2o1. The minimum atomic E-state index is -0.247. The number of oxazole rings is 1. The number of aryl methyl sites for hydroxylation is 1. The Morgan fingerprint density at radius 3 is 2.81 bits per heavy atom. The summed E-state index contributed by atoms with van der Waals surface area (Å²) in [6, 6.07) is 16.8. The molecule has 0 fully saturated rings. The topological polar surface area (TPSA) is 68.3 Å². The maximum Gasteiger partial charge on any atom is 0.248 e. The van der Waals surface area contributed by atoms with Gasteiger partial charge in [0.05, 0.1) is 6.26 Å². The molecule has 0 radical (unpaired) electrons. The molecule has 5 nitrogen and oxygen atoms in total. The maximum atomic E-state index is 12.0. The van der Waals surface area contributed by atoms with Crippen molar-refractivity contribution in [1.29, 1.82) is 0 Å². The number of nitrogens with one attached hydrogen (secondary N) is 1. The Morgan fingerprint density at radius 2 is 2.00 bits per heavy atom. The van der Waals surface area contributed by atoms with E-state index in [1.165, 1.54) is 6.08 Å². The molecule has 4 rings (SSSR count). The zero-order valence-corrected chi connectivity index (χ0v) is 14.1. The van der Waals surface area contributed by atoms with Crippen LogP contribution in [0.15, 0.2) is 75.8 Å². The summed E-state index contributed by atoms with van der Waals surface area (Å²) >= 11 is 0. The van der Waals surface area contributed by atoms with Crippen molar-refractivity contribution in [2.75, 3.05) is 5.32 Å². The van der Waals surface area contributed by atoms with Crippen LogP contribution in [0.5, 0.6) is 0 Å². The highest BCUT2D eigenvalue weighted by atomic mass is 16.3. The fourth-order valence-corrected chi connectivity index (χ4v) is 2.66. The number of rotatable bonds is 4. The number of carbonyl (C=O) groups is 1. The van der Waals surface area contributed by atoms with Crippen LogP contribution < -0.4 is 5.32 Å². The number of fused-ring (bicyclic) bond motifs is 1. The lowest BCUT2D eigenvalue weighted by Gasteiger charge is -2.00. The highest BCUT2D eigenvalue weighted by Gasteiger charge is 2.11. The van der Waals surface area contributed by atoms with Gasteiger partial charge in [0, 0.05) is 17.3 Å². The maximum absolute atomic E-state index is 12.0. The summed E-state index contributed by atoms with van der Waals surface area (Å²) in [6.07, 6.45) is 4.59. The summed E-state index contributed by atoms with van der Waals surface area (Å²) in [4.78, 5) is 16.6. The molecule has 0 aliphatic rings. The fourth-order valence-electron chi connectivity index (χ4n) is 2.66. The van der Waals surface area contributed by atoms with Crippen LogP contribution in [0.1, 0.15) is 11.3 Å². The van der Waals surface area contributed by atoms with Gasteiger partial charge in [0.1, 0.15) is 11.3 Å². The van der Waals surface area contributed by atoms with Crippen molar-refractivity contribution in [3.63, 3.8) is 0 Å². The van der Waals surface area contributed by atoms with Crippen LogP contribution >= 0.6 is 0 Å². The molecule has 128 valence electrons. The molecule has 0 aliphatic carbocycles. The number of nitrogens with zero attached hydrogens (tertiary/aromatic N) is 1. The van der Waals surface area contributed by atoms with Crippen LogP contribution in [-0.2, 0) is 4.79 Å². The first-order valence-corrected chi connectivity index (χ1v) is 8.18. The Hall–Kier alpha value is -3.60. The van der Waals surface area contributed by atoms with Gasteiger partial charge in [-0.3, -0.25) is 4.79 Å². The lowest BCUT2D eigenvalue weighted by Crippen LogP contribution is -2.07. The number of carbonyl (C=O) groups excluding carboxylic acids is 1. The van der Waals surface area contributed by atoms with Crippen molar-refractivity contribution in [1.82, 2.24) is 4.98 Å². The second kappa shape index (κ2) is 6.72. The number of amides is 1. The van der Waals surface area contributed by atoms with E-state index >= 15 is 0 Å². The van der Waals surface area contributed by atoms with E-state index in [-0.39, 0.29) is 5.91 Å². The Labute approximate surface area is 150 Å². The van der Waals surface area contributed by atoms with Gasteiger partial charge in [-0.05, 0) is 55.0 Å². The molecule has 0 saturated carbocycles. The molecule has 1 N–H and O–H groups in total. The van der Waals surface area contributed by atoms with Crippen LogP contribution in [-0.4, -0.2) is 10.9 Å². The van der Waals surface area contributed by atoms with Crippen molar-refractivity contribution in [2.45, 2.75) is 6.92 Å². The highest BCUT2D eigenvalue weighted by molar-refractivity contribution is 6.02. The third-order valence-corrected chi connectivity index (χ3v) is 3.97. The largest absolute Gasteiger partial charge is 0.465 e. The smallest absolute Gasteiger partial charge is 0.248 e. The van der Waals surface area contributed by atoms with Crippen LogP contribution in [0.3, 0.4) is 0 Å². The molecule has 2 aromatic heterocycles. The average Bonchev–Trinajstić information content (AvgIpc) is 3.29. The summed E-state index contributed by atoms with van der Waals surface area (Å²) in [5, 5.41) is 2.81. The zero-order valence-electron chi connectivity index (χ0n) is 14.1. The van der Waals surface area contributed by atoms with Crippen molar-refractivity contribution in [3.05, 3.63) is 78.3 Å². The summed E-state index contributed by atoms with van der Waals surface area (Å²) in [7, 11) is 0. The average molecular weight is 344 g/mol. The first kappa shape index (κ1) is 15.9. The van der Waals surface area contributed by atoms with Gasteiger partial charge in [-0.25, -0.2) is 4.98 Å². The molecular formula is C21H16N2O3. The number of furan rings is 1. The number of hydrogen-bond donors (Lipinski definition) is 1. The lowest BCUT2D eigenvalue weighted by molar-refractivity contribution is -0.111. The van der Waals surface area contributed by atoms with E-state index in [9.17, 15) is 4.79 Å². The molecule has 5 heteroatoms. The van der Waals surface area contributed by atoms with Crippen molar-refractivity contribution in [3.8, 4) is 11.5 Å². The normalized spacial score (nSPS) is 11.3. The van der Waals surface area contributed by atoms with E-state index in [1.807, 2.05) is 31.2 Å². The third-order valence-electron chi connectivity index (χ3n) is 3.97. The van der Waals surface area contributed by atoms with Crippen molar-refractivity contribution < 1.29 is 13.6 Å². The van der Waals surface area contributed by atoms with E-state index < -0.39 is 0 Å². The monoisotopic (exact) mass is 344 g/mol. The van der Waals surface area contributed by atoms with Gasteiger partial charge in [0.2, 0.25) is 11.8 Å². The molecule has 2 aromatic carbocycles. The Balaban J connectivity index is 1.56. The first-order chi connectivity index (χ1) is 12.7. The van der Waals surface area contributed by atoms with Gasteiger partial charge in [0.25, 0.3) is 0 Å². The second-order valence-electron chi connectivity index (χ2n) is 5.85. The van der Waals surface area contributed by atoms with E-state index in [2.05, 4.69) is 10.3 Å². The molecule has 0 unspecified atom stereocenters. The van der Waals surface area contributed by atoms with E-state index in [0.29, 0.717) is 28.4 Å². The fraction of sp³-hybridized carbons (Fsp3) is 0.0476. The minimum absolute atomic E-state index is 0.247. The standard InChI is InChI=1S/C21H16N2O3/c1-14-5-2-3-7-17(14)21-23-18-13-15(8-10-19(18)26-21)22-20(24)11-9-16-6-4-12-25-16/h2-13H,1H3,(H,22,24). The molecule has 0 aliphatic heterocycles. The van der Waals surface area contributed by atoms with Gasteiger partial charge >= 0.3 is 0 Å². The van der Waals surface area contributed by atoms with Gasteiger partial charge in [-0.15, -0.1) is 0 Å². The van der Waals surface area contributed by atoms with Crippen LogP contribution in [0.25, 0.3) is 28.6 Å². The molecule has 26 heavy (non-hydrogen) atoms. The molecule has 2 heterocycles. The second-order valence-corrected chi connectivity index (χ2v) is 5.85. The van der Waals surface area contributed by atoms with E-state index in [4.69, 9.17) is 8.83 Å². The number of aromatic nitrogens is 1. The molecule has 0 bridgehead atoms. The van der Waals surface area contributed by atoms with Crippen LogP contribution in [0, 0.1) is 6.92 Å². The summed E-state index contributed by atoms with van der Waals surface area (Å²) in [6.45, 7) is 2.02. The Morgan fingerprint density at radius 1 is 1.12 bits per heavy atom. The summed E-state index contributed by atoms with van der Waals surface area (Å²) in [5.41, 5.74) is 4.06. The minimum Gasteiger partial charge on any atom is -0.465 e. The van der Waals surface area contributed by atoms with Crippen molar-refractivity contribution >= 4 is 28.8 Å². The van der Waals surface area contributed by atoms with Crippen molar-refractivity contribution in [2.24, 2.45) is 0 Å². The third kappa shape index (κ3) is 3.28. The van der Waals surface area contributed by atoms with E-state index in [0.717, 1.165) is 11.1 Å². The molecule has 4 aromatic rings.